The molecule has 0 atom stereocenters. The molecule has 1 fully saturated rings. The summed E-state index contributed by atoms with van der Waals surface area (Å²) in [5, 5.41) is 4.99. The molecule has 37 heavy (non-hydrogen) atoms. The first-order valence-corrected chi connectivity index (χ1v) is 13.6. The van der Waals surface area contributed by atoms with E-state index in [4.69, 9.17) is 9.47 Å². The quantitative estimate of drug-likeness (QED) is 0.337. The third-order valence-electron chi connectivity index (χ3n) is 6.57. The van der Waals surface area contributed by atoms with Crippen LogP contribution in [0, 0.1) is 0 Å². The van der Waals surface area contributed by atoms with Crippen molar-refractivity contribution in [1.82, 2.24) is 9.80 Å². The number of aryl methyl sites for hydroxylation is 1. The Balaban J connectivity index is 1.44. The smallest absolute Gasteiger partial charge is 0.322 e. The molecule has 1 N–H and O–H groups in total. The van der Waals surface area contributed by atoms with E-state index in [2.05, 4.69) is 12.2 Å². The van der Waals surface area contributed by atoms with Gasteiger partial charge in [-0.3, -0.25) is 4.79 Å². The fraction of sp³-hybridized carbons (Fsp3) is 0.379. The van der Waals surface area contributed by atoms with E-state index < -0.39 is 0 Å². The number of anilines is 1. The third-order valence-corrected chi connectivity index (χ3v) is 7.43. The van der Waals surface area contributed by atoms with E-state index in [9.17, 15) is 9.59 Å². The SMILES string of the molecule is CCc1ccc(NC(=O)N(CC(=O)N(CCc2ccc(OC)c(OC)c2)Cc2cccs2)C2CC2)cc1. The Morgan fingerprint density at radius 3 is 2.35 bits per heavy atom. The largest absolute Gasteiger partial charge is 0.493 e. The molecule has 0 radical (unpaired) electrons. The average molecular weight is 522 g/mol. The van der Waals surface area contributed by atoms with Gasteiger partial charge in [0.25, 0.3) is 0 Å². The van der Waals surface area contributed by atoms with Crippen LogP contribution in [0.3, 0.4) is 0 Å². The Labute approximate surface area is 223 Å². The predicted octanol–water partition coefficient (Wildman–Crippen LogP) is 5.60. The minimum absolute atomic E-state index is 0.0564. The number of rotatable bonds is 12. The first-order chi connectivity index (χ1) is 18.0. The Kier molecular flexibility index (Phi) is 9.06. The van der Waals surface area contributed by atoms with E-state index in [1.165, 1.54) is 5.56 Å². The van der Waals surface area contributed by atoms with Crippen molar-refractivity contribution in [1.29, 1.82) is 0 Å². The van der Waals surface area contributed by atoms with Gasteiger partial charge in [-0.25, -0.2) is 4.79 Å². The van der Waals surface area contributed by atoms with Crippen LogP contribution in [0.15, 0.2) is 60.0 Å². The maximum Gasteiger partial charge on any atom is 0.322 e. The molecule has 7 nitrogen and oxygen atoms in total. The lowest BCUT2D eigenvalue weighted by molar-refractivity contribution is -0.132. The first kappa shape index (κ1) is 26.5. The molecule has 196 valence electrons. The van der Waals surface area contributed by atoms with Crippen LogP contribution in [0.5, 0.6) is 11.5 Å². The second-order valence-corrected chi connectivity index (χ2v) is 10.2. The monoisotopic (exact) mass is 521 g/mol. The third kappa shape index (κ3) is 7.26. The van der Waals surface area contributed by atoms with Crippen LogP contribution < -0.4 is 14.8 Å². The highest BCUT2D eigenvalue weighted by Crippen LogP contribution is 2.29. The molecular weight excluding hydrogens is 486 g/mol. The molecular formula is C29H35N3O4S. The van der Waals surface area contributed by atoms with E-state index >= 15 is 0 Å². The molecule has 1 aliphatic rings. The Morgan fingerprint density at radius 2 is 1.73 bits per heavy atom. The van der Waals surface area contributed by atoms with Crippen LogP contribution in [0.25, 0.3) is 0 Å². The minimum atomic E-state index is -0.226. The van der Waals surface area contributed by atoms with Gasteiger partial charge >= 0.3 is 6.03 Å². The summed E-state index contributed by atoms with van der Waals surface area (Å²) in [5.41, 5.74) is 3.00. The number of thiophene rings is 1. The number of carbonyl (C=O) groups excluding carboxylic acids is 2. The zero-order valence-corrected chi connectivity index (χ0v) is 22.6. The number of nitrogens with one attached hydrogen (secondary N) is 1. The van der Waals surface area contributed by atoms with Gasteiger partial charge in [0.05, 0.1) is 20.8 Å². The van der Waals surface area contributed by atoms with Crippen LogP contribution in [0.4, 0.5) is 10.5 Å². The Morgan fingerprint density at radius 1 is 1.00 bits per heavy atom. The molecule has 1 saturated carbocycles. The molecule has 0 unspecified atom stereocenters. The fourth-order valence-electron chi connectivity index (χ4n) is 4.20. The van der Waals surface area contributed by atoms with Crippen molar-refractivity contribution in [3.05, 3.63) is 76.0 Å². The van der Waals surface area contributed by atoms with E-state index in [0.29, 0.717) is 31.0 Å². The standard InChI is InChI=1S/C29H35N3O4S/c1-4-21-7-10-23(11-8-21)30-29(34)32(24-12-13-24)20-28(33)31(19-25-6-5-17-37-25)16-15-22-9-14-26(35-2)27(18-22)36-3/h5-11,14,17-18,24H,4,12-13,15-16,19-20H2,1-3H3,(H,30,34). The summed E-state index contributed by atoms with van der Waals surface area (Å²) in [6.07, 6.45) is 3.45. The number of benzene rings is 2. The van der Waals surface area contributed by atoms with Gasteiger partial charge in [-0.2, -0.15) is 0 Å². The maximum absolute atomic E-state index is 13.6. The van der Waals surface area contributed by atoms with E-state index in [0.717, 1.165) is 35.4 Å². The molecule has 0 bridgehead atoms. The normalized spacial score (nSPS) is 12.6. The van der Waals surface area contributed by atoms with Crippen molar-refractivity contribution in [2.24, 2.45) is 0 Å². The highest BCUT2D eigenvalue weighted by atomic mass is 32.1. The van der Waals surface area contributed by atoms with Gasteiger partial charge in [0.2, 0.25) is 5.91 Å². The lowest BCUT2D eigenvalue weighted by Crippen LogP contribution is -2.45. The number of nitrogens with zero attached hydrogens (tertiary/aromatic N) is 2. The fourth-order valence-corrected chi connectivity index (χ4v) is 4.92. The molecule has 8 heteroatoms. The zero-order valence-electron chi connectivity index (χ0n) is 21.7. The highest BCUT2D eigenvalue weighted by Gasteiger charge is 2.35. The van der Waals surface area contributed by atoms with Crippen molar-refractivity contribution in [3.8, 4) is 11.5 Å². The number of amides is 3. The molecule has 0 aliphatic heterocycles. The number of ether oxygens (including phenoxy) is 2. The molecule has 1 aliphatic carbocycles. The molecule has 4 rings (SSSR count). The van der Waals surface area contributed by atoms with Gasteiger partial charge < -0.3 is 24.6 Å². The van der Waals surface area contributed by atoms with Gasteiger partial charge in [0.1, 0.15) is 6.54 Å². The topological polar surface area (TPSA) is 71.1 Å². The molecule has 0 saturated heterocycles. The average Bonchev–Trinajstić information content (AvgIpc) is 3.64. The Bertz CT molecular complexity index is 1180. The van der Waals surface area contributed by atoms with Gasteiger partial charge in [-0.1, -0.05) is 31.2 Å². The van der Waals surface area contributed by atoms with Crippen molar-refractivity contribution in [3.63, 3.8) is 0 Å². The van der Waals surface area contributed by atoms with Crippen molar-refractivity contribution >= 4 is 29.0 Å². The van der Waals surface area contributed by atoms with Crippen LogP contribution in [-0.2, 0) is 24.2 Å². The summed E-state index contributed by atoms with van der Waals surface area (Å²) in [6, 6.07) is 17.6. The van der Waals surface area contributed by atoms with Crippen LogP contribution >= 0.6 is 11.3 Å². The first-order valence-electron chi connectivity index (χ1n) is 12.7. The van der Waals surface area contributed by atoms with Gasteiger partial charge in [-0.15, -0.1) is 11.3 Å². The lowest BCUT2D eigenvalue weighted by atomic mass is 10.1. The zero-order chi connectivity index (χ0) is 26.2. The lowest BCUT2D eigenvalue weighted by Gasteiger charge is -2.28. The summed E-state index contributed by atoms with van der Waals surface area (Å²) in [7, 11) is 3.23. The molecule has 3 amide bonds. The number of methoxy groups -OCH3 is 2. The summed E-state index contributed by atoms with van der Waals surface area (Å²) < 4.78 is 10.8. The molecule has 1 aromatic heterocycles. The number of hydrogen-bond donors (Lipinski definition) is 1. The van der Waals surface area contributed by atoms with E-state index in [-0.39, 0.29) is 24.5 Å². The number of carbonyl (C=O) groups is 2. The second-order valence-electron chi connectivity index (χ2n) is 9.17. The number of urea groups is 1. The van der Waals surface area contributed by atoms with Gasteiger partial charge in [0.15, 0.2) is 11.5 Å². The molecule has 2 aromatic carbocycles. The maximum atomic E-state index is 13.6. The summed E-state index contributed by atoms with van der Waals surface area (Å²) in [5.74, 6) is 1.28. The van der Waals surface area contributed by atoms with E-state index in [1.54, 1.807) is 30.5 Å². The minimum Gasteiger partial charge on any atom is -0.493 e. The Hall–Kier alpha value is -3.52. The van der Waals surface area contributed by atoms with Crippen LogP contribution in [-0.4, -0.2) is 55.1 Å². The molecule has 0 spiro atoms. The molecule has 3 aromatic rings. The van der Waals surface area contributed by atoms with Crippen molar-refractivity contribution in [2.45, 2.75) is 45.2 Å². The summed E-state index contributed by atoms with van der Waals surface area (Å²) >= 11 is 1.63. The second kappa shape index (κ2) is 12.6. The van der Waals surface area contributed by atoms with E-state index in [1.807, 2.05) is 64.9 Å². The summed E-state index contributed by atoms with van der Waals surface area (Å²) in [6.45, 7) is 3.20. The number of hydrogen-bond acceptors (Lipinski definition) is 5. The van der Waals surface area contributed by atoms with Crippen molar-refractivity contribution in [2.75, 3.05) is 32.6 Å². The van der Waals surface area contributed by atoms with Crippen molar-refractivity contribution < 1.29 is 19.1 Å². The summed E-state index contributed by atoms with van der Waals surface area (Å²) in [4.78, 5) is 31.4. The highest BCUT2D eigenvalue weighted by molar-refractivity contribution is 7.09. The molecule has 1 heterocycles. The van der Waals surface area contributed by atoms with Crippen LogP contribution in [0.1, 0.15) is 35.8 Å². The van der Waals surface area contributed by atoms with Gasteiger partial charge in [-0.05, 0) is 72.5 Å². The van der Waals surface area contributed by atoms with Gasteiger partial charge in [0, 0.05) is 23.2 Å². The van der Waals surface area contributed by atoms with Crippen LogP contribution in [0.2, 0.25) is 0 Å². The predicted molar refractivity (Wildman–Crippen MR) is 148 cm³/mol.